The maximum atomic E-state index is 12.6. The highest BCUT2D eigenvalue weighted by Gasteiger charge is 2.34. The van der Waals surface area contributed by atoms with E-state index >= 15 is 0 Å². The summed E-state index contributed by atoms with van der Waals surface area (Å²) in [6, 6.07) is 8.16. The van der Waals surface area contributed by atoms with Gasteiger partial charge in [0, 0.05) is 13.1 Å². The molecule has 1 atom stereocenters. The number of hydrogen-bond acceptors (Lipinski definition) is 4. The third-order valence-electron chi connectivity index (χ3n) is 3.94. The molecule has 7 nitrogen and oxygen atoms in total. The van der Waals surface area contributed by atoms with Crippen LogP contribution in [-0.4, -0.2) is 38.2 Å². The molecule has 1 amide bonds. The van der Waals surface area contributed by atoms with E-state index in [1.165, 1.54) is 11.1 Å². The van der Waals surface area contributed by atoms with Gasteiger partial charge in [-0.2, -0.15) is 0 Å². The van der Waals surface area contributed by atoms with Gasteiger partial charge in [0.05, 0.1) is 18.2 Å². The van der Waals surface area contributed by atoms with Gasteiger partial charge in [0.15, 0.2) is 6.04 Å². The van der Waals surface area contributed by atoms with Crippen molar-refractivity contribution in [2.75, 3.05) is 6.54 Å². The predicted octanol–water partition coefficient (Wildman–Crippen LogP) is 3.47. The molecule has 1 aromatic carbocycles. The van der Waals surface area contributed by atoms with Crippen LogP contribution in [0.2, 0.25) is 0 Å². The fraction of sp³-hybridized carbons (Fsp3) is 0.421. The summed E-state index contributed by atoms with van der Waals surface area (Å²) < 4.78 is 7.14. The Kier molecular flexibility index (Phi) is 7.20. The van der Waals surface area contributed by atoms with Crippen molar-refractivity contribution in [3.8, 4) is 0 Å². The lowest BCUT2D eigenvalue weighted by molar-refractivity contribution is -0.143. The standard InChI is InChI=1S/C19H25N3O4/c1-3-10-21-14-20-12-16(21)17(18(23)24)22(11-4-2)19(25)26-13-15-8-6-5-7-9-15/h5-9,12,14,17H,3-4,10-11,13H2,1-2H3,(H,23,24). The summed E-state index contributed by atoms with van der Waals surface area (Å²) in [6.45, 7) is 4.90. The first-order chi connectivity index (χ1) is 12.6. The molecule has 0 aliphatic carbocycles. The van der Waals surface area contributed by atoms with Gasteiger partial charge in [0.2, 0.25) is 0 Å². The van der Waals surface area contributed by atoms with Crippen molar-refractivity contribution in [1.82, 2.24) is 14.5 Å². The highest BCUT2D eigenvalue weighted by atomic mass is 16.6. The van der Waals surface area contributed by atoms with Gasteiger partial charge < -0.3 is 14.4 Å². The summed E-state index contributed by atoms with van der Waals surface area (Å²) >= 11 is 0. The third kappa shape index (κ3) is 4.84. The number of benzene rings is 1. The number of carbonyl (C=O) groups is 2. The minimum absolute atomic E-state index is 0.0977. The maximum absolute atomic E-state index is 12.6. The van der Waals surface area contributed by atoms with E-state index < -0.39 is 18.1 Å². The largest absolute Gasteiger partial charge is 0.479 e. The first kappa shape index (κ1) is 19.5. The van der Waals surface area contributed by atoms with Crippen LogP contribution in [0.3, 0.4) is 0 Å². The zero-order valence-electron chi connectivity index (χ0n) is 15.2. The van der Waals surface area contributed by atoms with E-state index in [2.05, 4.69) is 4.98 Å². The van der Waals surface area contributed by atoms with Crippen LogP contribution in [0.25, 0.3) is 0 Å². The number of ether oxygens (including phenoxy) is 1. The number of nitrogens with zero attached hydrogens (tertiary/aromatic N) is 3. The van der Waals surface area contributed by atoms with E-state index in [4.69, 9.17) is 4.74 Å². The summed E-state index contributed by atoms with van der Waals surface area (Å²) in [7, 11) is 0. The first-order valence-electron chi connectivity index (χ1n) is 8.78. The number of hydrogen-bond donors (Lipinski definition) is 1. The van der Waals surface area contributed by atoms with E-state index in [0.717, 1.165) is 12.0 Å². The van der Waals surface area contributed by atoms with Crippen LogP contribution in [0.15, 0.2) is 42.9 Å². The van der Waals surface area contributed by atoms with Gasteiger partial charge in [-0.15, -0.1) is 0 Å². The summed E-state index contributed by atoms with van der Waals surface area (Å²) in [6.07, 6.45) is 3.90. The Morgan fingerprint density at radius 3 is 2.58 bits per heavy atom. The van der Waals surface area contributed by atoms with Crippen LogP contribution in [-0.2, 0) is 22.7 Å². The predicted molar refractivity (Wildman–Crippen MR) is 96.5 cm³/mol. The Bertz CT molecular complexity index is 715. The number of carboxylic acids is 1. The monoisotopic (exact) mass is 359 g/mol. The van der Waals surface area contributed by atoms with E-state index in [9.17, 15) is 14.7 Å². The van der Waals surface area contributed by atoms with Crippen molar-refractivity contribution >= 4 is 12.1 Å². The van der Waals surface area contributed by atoms with Gasteiger partial charge in [-0.25, -0.2) is 14.6 Å². The van der Waals surface area contributed by atoms with Crippen LogP contribution >= 0.6 is 0 Å². The normalized spacial score (nSPS) is 11.8. The Hall–Kier alpha value is -2.83. The second kappa shape index (κ2) is 9.60. The Morgan fingerprint density at radius 2 is 1.96 bits per heavy atom. The fourth-order valence-electron chi connectivity index (χ4n) is 2.77. The zero-order valence-corrected chi connectivity index (χ0v) is 15.2. The van der Waals surface area contributed by atoms with Gasteiger partial charge in [0.25, 0.3) is 0 Å². The number of carboxylic acid groups (broad SMARTS) is 1. The number of aryl methyl sites for hydroxylation is 1. The number of aliphatic carboxylic acids is 1. The Morgan fingerprint density at radius 1 is 1.23 bits per heavy atom. The molecule has 0 aliphatic rings. The number of aromatic nitrogens is 2. The molecule has 0 fully saturated rings. The molecule has 1 aromatic heterocycles. The Labute approximate surface area is 153 Å². The molecular formula is C19H25N3O4. The average molecular weight is 359 g/mol. The molecule has 1 unspecified atom stereocenters. The minimum Gasteiger partial charge on any atom is -0.479 e. The van der Waals surface area contributed by atoms with Crippen molar-refractivity contribution < 1.29 is 19.4 Å². The minimum atomic E-state index is -1.13. The molecule has 0 saturated carbocycles. The van der Waals surface area contributed by atoms with Gasteiger partial charge in [0.1, 0.15) is 6.61 Å². The third-order valence-corrected chi connectivity index (χ3v) is 3.94. The highest BCUT2D eigenvalue weighted by molar-refractivity contribution is 5.81. The molecule has 0 saturated heterocycles. The second-order valence-electron chi connectivity index (χ2n) is 5.99. The summed E-state index contributed by atoms with van der Waals surface area (Å²) in [5, 5.41) is 9.78. The molecule has 140 valence electrons. The van der Waals surface area contributed by atoms with Crippen molar-refractivity contribution in [2.24, 2.45) is 0 Å². The number of amides is 1. The summed E-state index contributed by atoms with van der Waals surface area (Å²) in [5.74, 6) is -1.10. The molecule has 1 N–H and O–H groups in total. The second-order valence-corrected chi connectivity index (χ2v) is 5.99. The van der Waals surface area contributed by atoms with E-state index in [1.807, 2.05) is 44.2 Å². The molecule has 2 aromatic rings. The van der Waals surface area contributed by atoms with Gasteiger partial charge in [-0.1, -0.05) is 44.2 Å². The van der Waals surface area contributed by atoms with E-state index in [-0.39, 0.29) is 13.2 Å². The number of carbonyl (C=O) groups excluding carboxylic acids is 1. The van der Waals surface area contributed by atoms with E-state index in [0.29, 0.717) is 18.7 Å². The fourth-order valence-corrected chi connectivity index (χ4v) is 2.77. The SMILES string of the molecule is CCCN(C(=O)OCc1ccccc1)C(C(=O)O)c1cncn1CCC. The lowest BCUT2D eigenvalue weighted by Crippen LogP contribution is -2.40. The topological polar surface area (TPSA) is 84.7 Å². The molecule has 7 heteroatoms. The van der Waals surface area contributed by atoms with E-state index in [1.54, 1.807) is 10.9 Å². The van der Waals surface area contributed by atoms with Gasteiger partial charge in [-0.05, 0) is 18.4 Å². The first-order valence-corrected chi connectivity index (χ1v) is 8.78. The van der Waals surface area contributed by atoms with Crippen molar-refractivity contribution in [3.63, 3.8) is 0 Å². The Balaban J connectivity index is 2.21. The van der Waals surface area contributed by atoms with Crippen LogP contribution < -0.4 is 0 Å². The maximum Gasteiger partial charge on any atom is 0.411 e. The highest BCUT2D eigenvalue weighted by Crippen LogP contribution is 2.23. The quantitative estimate of drug-likeness (QED) is 0.741. The van der Waals surface area contributed by atoms with Crippen LogP contribution in [0.5, 0.6) is 0 Å². The molecule has 2 rings (SSSR count). The van der Waals surface area contributed by atoms with Crippen LogP contribution in [0.1, 0.15) is 44.0 Å². The molecule has 0 radical (unpaired) electrons. The van der Waals surface area contributed by atoms with Gasteiger partial charge >= 0.3 is 12.1 Å². The molecule has 0 bridgehead atoms. The van der Waals surface area contributed by atoms with Crippen LogP contribution in [0.4, 0.5) is 4.79 Å². The average Bonchev–Trinajstić information content (AvgIpc) is 3.08. The van der Waals surface area contributed by atoms with Gasteiger partial charge in [-0.3, -0.25) is 4.90 Å². The molecule has 0 aliphatic heterocycles. The number of rotatable bonds is 9. The molecule has 26 heavy (non-hydrogen) atoms. The summed E-state index contributed by atoms with van der Waals surface area (Å²) in [5.41, 5.74) is 1.32. The molecule has 0 spiro atoms. The molecular weight excluding hydrogens is 334 g/mol. The lowest BCUT2D eigenvalue weighted by atomic mass is 10.1. The zero-order chi connectivity index (χ0) is 18.9. The van der Waals surface area contributed by atoms with Crippen molar-refractivity contribution in [1.29, 1.82) is 0 Å². The smallest absolute Gasteiger partial charge is 0.411 e. The van der Waals surface area contributed by atoms with Crippen molar-refractivity contribution in [3.05, 3.63) is 54.1 Å². The van der Waals surface area contributed by atoms with Crippen molar-refractivity contribution in [2.45, 2.75) is 45.9 Å². The summed E-state index contributed by atoms with van der Waals surface area (Å²) in [4.78, 5) is 29.9. The van der Waals surface area contributed by atoms with Crippen LogP contribution in [0, 0.1) is 0 Å². The lowest BCUT2D eigenvalue weighted by Gasteiger charge is -2.28. The molecule has 1 heterocycles. The number of imidazole rings is 1.